The lowest BCUT2D eigenvalue weighted by molar-refractivity contribution is -0.149. The summed E-state index contributed by atoms with van der Waals surface area (Å²) in [5.74, 6) is -0.907. The van der Waals surface area contributed by atoms with Crippen LogP contribution in [-0.4, -0.2) is 18.0 Å². The molecule has 1 unspecified atom stereocenters. The van der Waals surface area contributed by atoms with E-state index in [2.05, 4.69) is 11.9 Å². The lowest BCUT2D eigenvalue weighted by Gasteiger charge is -2.16. The van der Waals surface area contributed by atoms with Gasteiger partial charge in [0.1, 0.15) is 0 Å². The predicted octanol–water partition coefficient (Wildman–Crippen LogP) is 2.52. The highest BCUT2D eigenvalue weighted by molar-refractivity contribution is 5.96. The maximum atomic E-state index is 11.9. The Bertz CT molecular complexity index is 414. The van der Waals surface area contributed by atoms with Gasteiger partial charge in [-0.1, -0.05) is 38.1 Å². The molecule has 0 aromatic heterocycles. The fourth-order valence-electron chi connectivity index (χ4n) is 1.44. The lowest BCUT2D eigenvalue weighted by Crippen LogP contribution is -2.32. The number of benzene rings is 1. The highest BCUT2D eigenvalue weighted by Gasteiger charge is 2.20. The first-order valence-corrected chi connectivity index (χ1v) is 5.86. The molecule has 1 aromatic rings. The average Bonchev–Trinajstić information content (AvgIpc) is 2.39. The van der Waals surface area contributed by atoms with Gasteiger partial charge in [0.05, 0.1) is 0 Å². The molecule has 18 heavy (non-hydrogen) atoms. The summed E-state index contributed by atoms with van der Waals surface area (Å²) in [5.41, 5.74) is 0.679. The number of carbonyl (C=O) groups is 2. The van der Waals surface area contributed by atoms with Crippen molar-refractivity contribution in [2.45, 2.75) is 25.9 Å². The fourth-order valence-corrected chi connectivity index (χ4v) is 1.44. The van der Waals surface area contributed by atoms with Crippen LogP contribution in [0.4, 0.5) is 5.69 Å². The van der Waals surface area contributed by atoms with Crippen LogP contribution in [0.2, 0.25) is 0 Å². The number of rotatable bonds is 6. The Balaban J connectivity index is 2.64. The minimum atomic E-state index is -0.777. The summed E-state index contributed by atoms with van der Waals surface area (Å²) in [6, 6.07) is 9.05. The Labute approximate surface area is 107 Å². The van der Waals surface area contributed by atoms with Gasteiger partial charge < -0.3 is 10.1 Å². The van der Waals surface area contributed by atoms with Crippen LogP contribution in [0.3, 0.4) is 0 Å². The van der Waals surface area contributed by atoms with E-state index in [1.807, 2.05) is 25.1 Å². The van der Waals surface area contributed by atoms with Crippen molar-refractivity contribution in [2.24, 2.45) is 0 Å². The second-order valence-electron chi connectivity index (χ2n) is 3.77. The summed E-state index contributed by atoms with van der Waals surface area (Å²) in [5, 5.41) is 2.71. The van der Waals surface area contributed by atoms with Gasteiger partial charge in [0.2, 0.25) is 0 Å². The van der Waals surface area contributed by atoms with Gasteiger partial charge in [-0.2, -0.15) is 0 Å². The fraction of sp³-hybridized carbons (Fsp3) is 0.286. The summed E-state index contributed by atoms with van der Waals surface area (Å²) < 4.78 is 5.01. The summed E-state index contributed by atoms with van der Waals surface area (Å²) in [7, 11) is 0. The molecule has 0 spiro atoms. The molecule has 1 rings (SSSR count). The number of hydrogen-bond donors (Lipinski definition) is 1. The molecule has 1 amide bonds. The van der Waals surface area contributed by atoms with Gasteiger partial charge in [-0.3, -0.25) is 4.79 Å². The Hall–Kier alpha value is -2.10. The minimum absolute atomic E-state index is 0.321. The molecule has 0 saturated carbocycles. The molecule has 96 valence electrons. The smallest absolute Gasteiger partial charge is 0.330 e. The normalized spacial score (nSPS) is 11.4. The van der Waals surface area contributed by atoms with Gasteiger partial charge in [-0.15, -0.1) is 0 Å². The largest absolute Gasteiger partial charge is 0.449 e. The first-order chi connectivity index (χ1) is 8.67. The second-order valence-corrected chi connectivity index (χ2v) is 3.77. The van der Waals surface area contributed by atoms with E-state index >= 15 is 0 Å². The van der Waals surface area contributed by atoms with Crippen LogP contribution in [0.15, 0.2) is 43.0 Å². The molecule has 4 heteroatoms. The molecule has 1 aromatic carbocycles. The molecule has 0 saturated heterocycles. The van der Waals surface area contributed by atoms with E-state index in [9.17, 15) is 9.59 Å². The van der Waals surface area contributed by atoms with Crippen molar-refractivity contribution >= 4 is 17.6 Å². The van der Waals surface area contributed by atoms with Crippen molar-refractivity contribution in [3.8, 4) is 0 Å². The zero-order valence-corrected chi connectivity index (χ0v) is 10.4. The number of para-hydroxylation sites is 1. The Morgan fingerprint density at radius 2 is 2.06 bits per heavy atom. The molecular formula is C14H17NO3. The highest BCUT2D eigenvalue weighted by atomic mass is 16.5. The van der Waals surface area contributed by atoms with Crippen LogP contribution in [0.25, 0.3) is 0 Å². The molecule has 1 atom stereocenters. The third-order valence-electron chi connectivity index (χ3n) is 2.31. The first kappa shape index (κ1) is 14.0. The van der Waals surface area contributed by atoms with E-state index in [1.165, 1.54) is 0 Å². The van der Waals surface area contributed by atoms with E-state index < -0.39 is 12.1 Å². The van der Waals surface area contributed by atoms with E-state index in [4.69, 9.17) is 4.74 Å². The number of nitrogens with one attached hydrogen (secondary N) is 1. The topological polar surface area (TPSA) is 55.4 Å². The Morgan fingerprint density at radius 3 is 2.61 bits per heavy atom. The number of carbonyl (C=O) groups excluding carboxylic acids is 2. The van der Waals surface area contributed by atoms with E-state index in [0.717, 1.165) is 12.5 Å². The number of amides is 1. The monoisotopic (exact) mass is 247 g/mol. The molecule has 0 aliphatic rings. The highest BCUT2D eigenvalue weighted by Crippen LogP contribution is 2.10. The number of esters is 1. The third-order valence-corrected chi connectivity index (χ3v) is 2.31. The average molecular weight is 247 g/mol. The maximum absolute atomic E-state index is 11.9. The van der Waals surface area contributed by atoms with Gasteiger partial charge in [0, 0.05) is 11.8 Å². The van der Waals surface area contributed by atoms with E-state index in [-0.39, 0.29) is 5.91 Å². The van der Waals surface area contributed by atoms with Gasteiger partial charge in [-0.25, -0.2) is 4.79 Å². The summed E-state index contributed by atoms with van der Waals surface area (Å²) in [6.07, 6.45) is 1.51. The van der Waals surface area contributed by atoms with Crippen molar-refractivity contribution in [3.05, 3.63) is 43.0 Å². The van der Waals surface area contributed by atoms with Crippen molar-refractivity contribution in [3.63, 3.8) is 0 Å². The molecule has 1 N–H and O–H groups in total. The van der Waals surface area contributed by atoms with Crippen LogP contribution in [0, 0.1) is 0 Å². The van der Waals surface area contributed by atoms with Gasteiger partial charge in [-0.05, 0) is 18.6 Å². The molecule has 0 heterocycles. The van der Waals surface area contributed by atoms with Gasteiger partial charge in [0.25, 0.3) is 5.91 Å². The maximum Gasteiger partial charge on any atom is 0.330 e. The van der Waals surface area contributed by atoms with Crippen LogP contribution < -0.4 is 5.32 Å². The molecule has 0 radical (unpaired) electrons. The quantitative estimate of drug-likeness (QED) is 0.620. The van der Waals surface area contributed by atoms with Crippen LogP contribution in [-0.2, 0) is 14.3 Å². The summed E-state index contributed by atoms with van der Waals surface area (Å²) >= 11 is 0. The van der Waals surface area contributed by atoms with Gasteiger partial charge >= 0.3 is 5.97 Å². The first-order valence-electron chi connectivity index (χ1n) is 5.86. The van der Waals surface area contributed by atoms with Gasteiger partial charge in [0.15, 0.2) is 6.10 Å². The Kier molecular flexibility index (Phi) is 5.64. The number of hydrogen-bond acceptors (Lipinski definition) is 3. The lowest BCUT2D eigenvalue weighted by atomic mass is 10.2. The van der Waals surface area contributed by atoms with E-state index in [0.29, 0.717) is 12.1 Å². The molecule has 4 nitrogen and oxygen atoms in total. The second kappa shape index (κ2) is 7.27. The van der Waals surface area contributed by atoms with Crippen molar-refractivity contribution < 1.29 is 14.3 Å². The summed E-state index contributed by atoms with van der Waals surface area (Å²) in [4.78, 5) is 23.1. The van der Waals surface area contributed by atoms with Crippen LogP contribution >= 0.6 is 0 Å². The van der Waals surface area contributed by atoms with Crippen LogP contribution in [0.5, 0.6) is 0 Å². The van der Waals surface area contributed by atoms with E-state index in [1.54, 1.807) is 12.1 Å². The molecule has 0 aliphatic heterocycles. The molecular weight excluding hydrogens is 230 g/mol. The SMILES string of the molecule is C=CC(=O)OC(CCC)C(=O)Nc1ccccc1. The van der Waals surface area contributed by atoms with Crippen LogP contribution in [0.1, 0.15) is 19.8 Å². The Morgan fingerprint density at radius 1 is 1.39 bits per heavy atom. The molecule has 0 fully saturated rings. The standard InChI is InChI=1S/C14H17NO3/c1-3-8-12(18-13(16)4-2)14(17)15-11-9-6-5-7-10-11/h4-7,9-10,12H,2-3,8H2,1H3,(H,15,17). The predicted molar refractivity (Wildman–Crippen MR) is 70.1 cm³/mol. The summed E-state index contributed by atoms with van der Waals surface area (Å²) in [6.45, 7) is 5.23. The zero-order chi connectivity index (χ0) is 13.4. The van der Waals surface area contributed by atoms with Crippen molar-refractivity contribution in [1.29, 1.82) is 0 Å². The minimum Gasteiger partial charge on any atom is -0.449 e. The van der Waals surface area contributed by atoms with Crippen molar-refractivity contribution in [1.82, 2.24) is 0 Å². The number of anilines is 1. The molecule has 0 aliphatic carbocycles. The third kappa shape index (κ3) is 4.41. The number of ether oxygens (including phenoxy) is 1. The zero-order valence-electron chi connectivity index (χ0n) is 10.4. The van der Waals surface area contributed by atoms with Crippen molar-refractivity contribution in [2.75, 3.05) is 5.32 Å². The molecule has 0 bridgehead atoms.